The second-order valence-electron chi connectivity index (χ2n) is 19.8. The van der Waals surface area contributed by atoms with Crippen molar-refractivity contribution in [2.75, 3.05) is 0 Å². The lowest BCUT2D eigenvalue weighted by Gasteiger charge is -2.47. The lowest BCUT2D eigenvalue weighted by molar-refractivity contribution is 0.282. The van der Waals surface area contributed by atoms with Crippen molar-refractivity contribution in [2.45, 2.75) is 64.2 Å². The van der Waals surface area contributed by atoms with Crippen LogP contribution < -0.4 is 0 Å². The SMILES string of the molecule is CCC1(C)CCC(C)(CC)c2c(-n3c4ccc(-c5ccccc5)cc4c4cc(-c5ccccc5)ccc43)c(C#N)c(C#N)c(-n3c4ccc(-c5ccccc5)cc4c4cc(-c5ccccc5)ccc43)c21. The highest BCUT2D eigenvalue weighted by atomic mass is 15.0. The van der Waals surface area contributed by atoms with Crippen molar-refractivity contribution in [2.24, 2.45) is 0 Å². The molecule has 2 atom stereocenters. The average Bonchev–Trinajstić information content (AvgIpc) is 3.93. The van der Waals surface area contributed by atoms with E-state index in [1.807, 2.05) is 0 Å². The average molecular weight is 901 g/mol. The summed E-state index contributed by atoms with van der Waals surface area (Å²) in [5, 5.41) is 28.3. The van der Waals surface area contributed by atoms with Crippen molar-refractivity contribution < 1.29 is 0 Å². The molecule has 0 bridgehead atoms. The maximum absolute atomic E-state index is 11.9. The van der Waals surface area contributed by atoms with Gasteiger partial charge in [-0.3, -0.25) is 0 Å². The summed E-state index contributed by atoms with van der Waals surface area (Å²) in [5.41, 5.74) is 17.3. The fraction of sp³-hybridized carbons (Fsp3) is 0.152. The summed E-state index contributed by atoms with van der Waals surface area (Å²) in [7, 11) is 0. The molecule has 2 unspecified atom stereocenters. The highest BCUT2D eigenvalue weighted by Gasteiger charge is 2.47. The van der Waals surface area contributed by atoms with Gasteiger partial charge in [-0.05, 0) is 141 Å². The highest BCUT2D eigenvalue weighted by molar-refractivity contribution is 6.14. The molecule has 11 aromatic rings. The Hall–Kier alpha value is -8.44. The van der Waals surface area contributed by atoms with Crippen molar-refractivity contribution in [3.8, 4) is 68.0 Å². The van der Waals surface area contributed by atoms with E-state index in [1.54, 1.807) is 0 Å². The van der Waals surface area contributed by atoms with E-state index in [9.17, 15) is 10.5 Å². The molecule has 0 radical (unpaired) electrons. The smallest absolute Gasteiger partial charge is 0.103 e. The van der Waals surface area contributed by atoms with E-state index in [1.165, 1.54) is 11.1 Å². The fourth-order valence-corrected chi connectivity index (χ4v) is 11.8. The minimum absolute atomic E-state index is 0.329. The summed E-state index contributed by atoms with van der Waals surface area (Å²) >= 11 is 0. The predicted molar refractivity (Wildman–Crippen MR) is 291 cm³/mol. The van der Waals surface area contributed by atoms with Gasteiger partial charge in [-0.1, -0.05) is 173 Å². The molecule has 0 N–H and O–H groups in total. The quantitative estimate of drug-likeness (QED) is 0.153. The minimum Gasteiger partial charge on any atom is -0.308 e. The Bertz CT molecular complexity index is 3490. The maximum atomic E-state index is 11.9. The third-order valence-corrected chi connectivity index (χ3v) is 16.1. The Morgan fingerprint density at radius 2 is 0.629 bits per heavy atom. The molecule has 1 aliphatic rings. The maximum Gasteiger partial charge on any atom is 0.103 e. The Morgan fingerprint density at radius 3 is 0.857 bits per heavy atom. The first-order valence-electron chi connectivity index (χ1n) is 24.7. The molecule has 0 aliphatic heterocycles. The molecule has 2 heterocycles. The van der Waals surface area contributed by atoms with Crippen LogP contribution in [0.4, 0.5) is 0 Å². The van der Waals surface area contributed by atoms with E-state index in [2.05, 4.69) is 243 Å². The lowest BCUT2D eigenvalue weighted by Crippen LogP contribution is -2.40. The van der Waals surface area contributed by atoms with Gasteiger partial charge < -0.3 is 9.13 Å². The first-order valence-corrected chi connectivity index (χ1v) is 24.7. The highest BCUT2D eigenvalue weighted by Crippen LogP contribution is 2.57. The van der Waals surface area contributed by atoms with E-state index in [-0.39, 0.29) is 10.8 Å². The van der Waals surface area contributed by atoms with Crippen LogP contribution in [-0.4, -0.2) is 9.13 Å². The van der Waals surface area contributed by atoms with Gasteiger partial charge in [0.05, 0.1) is 44.6 Å². The molecular weight excluding hydrogens is 849 g/mol. The number of hydrogen-bond donors (Lipinski definition) is 0. The number of rotatable bonds is 8. The summed E-state index contributed by atoms with van der Waals surface area (Å²) < 4.78 is 4.71. The molecule has 9 aromatic carbocycles. The van der Waals surface area contributed by atoms with Crippen LogP contribution >= 0.6 is 0 Å². The van der Waals surface area contributed by atoms with Crippen molar-refractivity contribution in [3.05, 3.63) is 216 Å². The number of nitrogens with zero attached hydrogens (tertiary/aromatic N) is 4. The number of fused-ring (bicyclic) bond motifs is 7. The van der Waals surface area contributed by atoms with Gasteiger partial charge in [-0.25, -0.2) is 0 Å². The van der Waals surface area contributed by atoms with Gasteiger partial charge >= 0.3 is 0 Å². The van der Waals surface area contributed by atoms with Gasteiger partial charge in [0.2, 0.25) is 0 Å². The van der Waals surface area contributed by atoms with Gasteiger partial charge in [-0.15, -0.1) is 0 Å². The van der Waals surface area contributed by atoms with Crippen LogP contribution in [0.2, 0.25) is 0 Å². The second-order valence-corrected chi connectivity index (χ2v) is 19.8. The van der Waals surface area contributed by atoms with Crippen molar-refractivity contribution in [3.63, 3.8) is 0 Å². The molecule has 4 nitrogen and oxygen atoms in total. The zero-order valence-corrected chi connectivity index (χ0v) is 40.1. The largest absolute Gasteiger partial charge is 0.308 e. The predicted octanol–water partition coefficient (Wildman–Crippen LogP) is 17.4. The standard InChI is InChI=1S/C66H52N4/c1-5-65(3)35-36-66(4,6-2)62-61(65)63(69-57-31-27-47(43-19-11-7-12-20-43)37-51(57)52-38-48(28-32-58(52)69)44-21-13-8-14-22-44)55(41-67)56(42-68)64(62)70-59-33-29-49(45-23-15-9-16-24-45)39-53(59)54-40-50(30-34-60(54)70)46-25-17-10-18-26-46/h7-34,37-40H,5-6,35-36H2,1-4H3. The molecular formula is C66H52N4. The molecule has 0 saturated heterocycles. The van der Waals surface area contributed by atoms with Gasteiger partial charge in [-0.2, -0.15) is 10.5 Å². The zero-order chi connectivity index (χ0) is 47.7. The zero-order valence-electron chi connectivity index (χ0n) is 40.1. The summed E-state index contributed by atoms with van der Waals surface area (Å²) in [5.74, 6) is 0. The molecule has 336 valence electrons. The summed E-state index contributed by atoms with van der Waals surface area (Å²) in [4.78, 5) is 0. The number of benzene rings is 9. The first-order chi connectivity index (χ1) is 34.3. The molecule has 1 aliphatic carbocycles. The summed E-state index contributed by atoms with van der Waals surface area (Å²) in [6.07, 6.45) is 3.63. The molecule has 0 fully saturated rings. The minimum atomic E-state index is -0.329. The number of hydrogen-bond acceptors (Lipinski definition) is 2. The second kappa shape index (κ2) is 16.7. The molecule has 2 aromatic heterocycles. The third-order valence-electron chi connectivity index (χ3n) is 16.1. The van der Waals surface area contributed by atoms with E-state index < -0.39 is 0 Å². The summed E-state index contributed by atoms with van der Waals surface area (Å²) in [6, 6.07) is 74.8. The lowest BCUT2D eigenvalue weighted by atomic mass is 9.58. The van der Waals surface area contributed by atoms with Crippen molar-refractivity contribution >= 4 is 43.6 Å². The Morgan fingerprint density at radius 1 is 0.371 bits per heavy atom. The monoisotopic (exact) mass is 900 g/mol. The van der Waals surface area contributed by atoms with Gasteiger partial charge in [0.1, 0.15) is 12.1 Å². The number of aromatic nitrogens is 2. The van der Waals surface area contributed by atoms with Crippen molar-refractivity contribution in [1.82, 2.24) is 9.13 Å². The summed E-state index contributed by atoms with van der Waals surface area (Å²) in [6.45, 7) is 9.40. The van der Waals surface area contributed by atoms with Crippen molar-refractivity contribution in [1.29, 1.82) is 10.5 Å². The normalized spacial score (nSPS) is 16.7. The van der Waals surface area contributed by atoms with Gasteiger partial charge in [0, 0.05) is 21.5 Å². The molecule has 0 amide bonds. The van der Waals surface area contributed by atoms with Crippen LogP contribution in [-0.2, 0) is 10.8 Å². The van der Waals surface area contributed by atoms with Crippen LogP contribution in [0.5, 0.6) is 0 Å². The third kappa shape index (κ3) is 6.55. The molecule has 4 heteroatoms. The van der Waals surface area contributed by atoms with Crippen LogP contribution in [0, 0.1) is 22.7 Å². The molecule has 0 saturated carbocycles. The Labute approximate surface area is 409 Å². The Kier molecular flexibility index (Phi) is 10.2. The van der Waals surface area contributed by atoms with E-state index in [0.29, 0.717) is 11.1 Å². The molecule has 70 heavy (non-hydrogen) atoms. The Balaban J connectivity index is 1.24. The van der Waals surface area contributed by atoms with Crippen LogP contribution in [0.25, 0.3) is 99.5 Å². The van der Waals surface area contributed by atoms with Gasteiger partial charge in [0.15, 0.2) is 0 Å². The van der Waals surface area contributed by atoms with Crippen LogP contribution in [0.15, 0.2) is 194 Å². The fourth-order valence-electron chi connectivity index (χ4n) is 11.8. The topological polar surface area (TPSA) is 57.4 Å². The van der Waals surface area contributed by atoms with Crippen LogP contribution in [0.1, 0.15) is 75.6 Å². The van der Waals surface area contributed by atoms with E-state index >= 15 is 0 Å². The van der Waals surface area contributed by atoms with E-state index in [0.717, 1.165) is 125 Å². The van der Waals surface area contributed by atoms with E-state index in [4.69, 9.17) is 0 Å². The molecule has 0 spiro atoms. The van der Waals surface area contributed by atoms with Gasteiger partial charge in [0.25, 0.3) is 0 Å². The number of nitriles is 2. The van der Waals surface area contributed by atoms with Crippen LogP contribution in [0.3, 0.4) is 0 Å². The molecule has 12 rings (SSSR count). The first kappa shape index (κ1) is 42.9.